The van der Waals surface area contributed by atoms with Crippen LogP contribution in [0.2, 0.25) is 0 Å². The summed E-state index contributed by atoms with van der Waals surface area (Å²) in [4.78, 5) is 23.0. The number of anilines is 1. The van der Waals surface area contributed by atoms with Gasteiger partial charge in [-0.25, -0.2) is 9.37 Å². The molecule has 3 heterocycles. The molecule has 3 aromatic rings. The number of morpholine rings is 1. The number of aliphatic hydroxyl groups is 1. The second kappa shape index (κ2) is 8.92. The van der Waals surface area contributed by atoms with Crippen molar-refractivity contribution in [1.82, 2.24) is 14.5 Å². The molecule has 4 rings (SSSR count). The fourth-order valence-electron chi connectivity index (χ4n) is 3.92. The standard InChI is InChI=1S/C24H27FN4O4/c1-24(2,31)15-5-6-20(32-4)17(11-15)21-14-29(9-10-33-21)23-27-19(12-22(30)28(23)3)16-7-8-26-13-18(16)25/h5-8,11-13,21,31H,9-10,14H2,1-4H3. The van der Waals surface area contributed by atoms with Crippen LogP contribution in [0.15, 0.2) is 47.5 Å². The van der Waals surface area contributed by atoms with Crippen LogP contribution in [0.5, 0.6) is 5.75 Å². The molecule has 0 bridgehead atoms. The van der Waals surface area contributed by atoms with Crippen molar-refractivity contribution in [3.63, 3.8) is 0 Å². The molecular weight excluding hydrogens is 427 g/mol. The lowest BCUT2D eigenvalue weighted by atomic mass is 9.94. The van der Waals surface area contributed by atoms with E-state index in [1.165, 1.54) is 22.9 Å². The number of aromatic nitrogens is 3. The predicted octanol–water partition coefficient (Wildman–Crippen LogP) is 2.80. The van der Waals surface area contributed by atoms with Crippen molar-refractivity contribution < 1.29 is 19.0 Å². The van der Waals surface area contributed by atoms with Gasteiger partial charge in [0.2, 0.25) is 5.95 Å². The number of hydrogen-bond donors (Lipinski definition) is 1. The Bertz CT molecular complexity index is 1220. The van der Waals surface area contributed by atoms with Gasteiger partial charge in [-0.15, -0.1) is 0 Å². The average Bonchev–Trinajstić information content (AvgIpc) is 2.80. The second-order valence-electron chi connectivity index (χ2n) is 8.52. The van der Waals surface area contributed by atoms with Gasteiger partial charge in [-0.05, 0) is 37.6 Å². The second-order valence-corrected chi connectivity index (χ2v) is 8.52. The quantitative estimate of drug-likeness (QED) is 0.634. The number of benzene rings is 1. The molecule has 1 N–H and O–H groups in total. The zero-order chi connectivity index (χ0) is 23.8. The fourth-order valence-corrected chi connectivity index (χ4v) is 3.92. The Kier molecular flexibility index (Phi) is 6.18. The lowest BCUT2D eigenvalue weighted by Crippen LogP contribution is -2.42. The summed E-state index contributed by atoms with van der Waals surface area (Å²) in [6, 6.07) is 8.32. The molecule has 1 atom stereocenters. The zero-order valence-corrected chi connectivity index (χ0v) is 19.1. The van der Waals surface area contributed by atoms with E-state index in [1.54, 1.807) is 28.0 Å². The highest BCUT2D eigenvalue weighted by Gasteiger charge is 2.29. The van der Waals surface area contributed by atoms with E-state index in [4.69, 9.17) is 9.47 Å². The number of nitrogens with zero attached hydrogens (tertiary/aromatic N) is 4. The Morgan fingerprint density at radius 1 is 1.27 bits per heavy atom. The third-order valence-electron chi connectivity index (χ3n) is 5.79. The summed E-state index contributed by atoms with van der Waals surface area (Å²) in [6.45, 7) is 4.73. The molecule has 1 fully saturated rings. The number of pyridine rings is 1. The molecule has 1 aromatic carbocycles. The number of halogens is 1. The first-order valence-electron chi connectivity index (χ1n) is 10.6. The van der Waals surface area contributed by atoms with Gasteiger partial charge in [0, 0.05) is 37.0 Å². The van der Waals surface area contributed by atoms with Gasteiger partial charge in [0.25, 0.3) is 5.56 Å². The Balaban J connectivity index is 1.72. The molecule has 0 radical (unpaired) electrons. The van der Waals surface area contributed by atoms with E-state index in [-0.39, 0.29) is 22.9 Å². The van der Waals surface area contributed by atoms with Gasteiger partial charge in [-0.3, -0.25) is 14.3 Å². The maximum atomic E-state index is 14.3. The number of ether oxygens (including phenoxy) is 2. The minimum Gasteiger partial charge on any atom is -0.496 e. The van der Waals surface area contributed by atoms with E-state index in [1.807, 2.05) is 23.1 Å². The van der Waals surface area contributed by atoms with Crippen LogP contribution in [0, 0.1) is 5.82 Å². The summed E-state index contributed by atoms with van der Waals surface area (Å²) in [7, 11) is 3.22. The van der Waals surface area contributed by atoms with E-state index < -0.39 is 11.4 Å². The Morgan fingerprint density at radius 3 is 2.76 bits per heavy atom. The minimum absolute atomic E-state index is 0.216. The summed E-state index contributed by atoms with van der Waals surface area (Å²) in [6.07, 6.45) is 2.18. The third-order valence-corrected chi connectivity index (χ3v) is 5.79. The molecule has 0 spiro atoms. The summed E-state index contributed by atoms with van der Waals surface area (Å²) < 4.78 is 27.3. The Labute approximate surface area is 191 Å². The molecule has 0 aliphatic carbocycles. The van der Waals surface area contributed by atoms with Crippen LogP contribution in [-0.4, -0.2) is 46.4 Å². The monoisotopic (exact) mass is 454 g/mol. The molecule has 174 valence electrons. The molecule has 0 amide bonds. The van der Waals surface area contributed by atoms with E-state index in [0.717, 1.165) is 17.3 Å². The van der Waals surface area contributed by atoms with E-state index in [9.17, 15) is 14.3 Å². The molecule has 33 heavy (non-hydrogen) atoms. The molecule has 1 aliphatic rings. The van der Waals surface area contributed by atoms with Crippen LogP contribution in [0.4, 0.5) is 10.3 Å². The first kappa shape index (κ1) is 22.9. The van der Waals surface area contributed by atoms with Crippen LogP contribution in [0.25, 0.3) is 11.3 Å². The van der Waals surface area contributed by atoms with E-state index in [2.05, 4.69) is 9.97 Å². The van der Waals surface area contributed by atoms with E-state index >= 15 is 0 Å². The zero-order valence-electron chi connectivity index (χ0n) is 19.1. The summed E-state index contributed by atoms with van der Waals surface area (Å²) >= 11 is 0. The lowest BCUT2D eigenvalue weighted by molar-refractivity contribution is 0.0367. The van der Waals surface area contributed by atoms with Gasteiger partial charge < -0.3 is 19.5 Å². The highest BCUT2D eigenvalue weighted by Crippen LogP contribution is 2.35. The van der Waals surface area contributed by atoms with Crippen LogP contribution < -0.4 is 15.2 Å². The van der Waals surface area contributed by atoms with Gasteiger partial charge in [0.05, 0.1) is 37.8 Å². The summed E-state index contributed by atoms with van der Waals surface area (Å²) in [5, 5.41) is 10.5. The molecule has 9 heteroatoms. The molecule has 1 aliphatic heterocycles. The van der Waals surface area contributed by atoms with E-state index in [0.29, 0.717) is 31.4 Å². The van der Waals surface area contributed by atoms with Crippen molar-refractivity contribution >= 4 is 5.95 Å². The maximum absolute atomic E-state index is 14.3. The number of hydrogen-bond acceptors (Lipinski definition) is 7. The van der Waals surface area contributed by atoms with Crippen LogP contribution >= 0.6 is 0 Å². The SMILES string of the molecule is COc1ccc(C(C)(C)O)cc1C1CN(c2nc(-c3ccncc3F)cc(=O)n2C)CCO1. The summed E-state index contributed by atoms with van der Waals surface area (Å²) in [5.41, 5.74) is 0.675. The first-order valence-corrected chi connectivity index (χ1v) is 10.6. The molecule has 1 unspecified atom stereocenters. The van der Waals surface area contributed by atoms with Crippen LogP contribution in [0.1, 0.15) is 31.1 Å². The van der Waals surface area contributed by atoms with Crippen LogP contribution in [0.3, 0.4) is 0 Å². The third kappa shape index (κ3) is 4.60. The number of methoxy groups -OCH3 is 1. The molecule has 8 nitrogen and oxygen atoms in total. The van der Waals surface area contributed by atoms with Gasteiger partial charge in [-0.1, -0.05) is 6.07 Å². The van der Waals surface area contributed by atoms with Crippen molar-refractivity contribution in [2.45, 2.75) is 25.6 Å². The molecule has 2 aromatic heterocycles. The van der Waals surface area contributed by atoms with Crippen molar-refractivity contribution in [3.05, 3.63) is 70.0 Å². The summed E-state index contributed by atoms with van der Waals surface area (Å²) in [5.74, 6) is 0.515. The highest BCUT2D eigenvalue weighted by atomic mass is 19.1. The van der Waals surface area contributed by atoms with Crippen molar-refractivity contribution in [1.29, 1.82) is 0 Å². The molecular formula is C24H27FN4O4. The Hall–Kier alpha value is -3.30. The smallest absolute Gasteiger partial charge is 0.255 e. The maximum Gasteiger partial charge on any atom is 0.255 e. The topological polar surface area (TPSA) is 89.7 Å². The number of rotatable bonds is 5. The van der Waals surface area contributed by atoms with Gasteiger partial charge in [0.1, 0.15) is 11.9 Å². The Morgan fingerprint density at radius 2 is 2.06 bits per heavy atom. The minimum atomic E-state index is -1.02. The largest absolute Gasteiger partial charge is 0.496 e. The average molecular weight is 455 g/mol. The van der Waals surface area contributed by atoms with Gasteiger partial charge in [-0.2, -0.15) is 0 Å². The predicted molar refractivity (Wildman–Crippen MR) is 122 cm³/mol. The normalized spacial score (nSPS) is 16.7. The lowest BCUT2D eigenvalue weighted by Gasteiger charge is -2.35. The highest BCUT2D eigenvalue weighted by molar-refractivity contribution is 5.60. The van der Waals surface area contributed by atoms with Crippen molar-refractivity contribution in [2.75, 3.05) is 31.7 Å². The van der Waals surface area contributed by atoms with Crippen molar-refractivity contribution in [3.8, 4) is 17.0 Å². The fraction of sp³-hybridized carbons (Fsp3) is 0.375. The van der Waals surface area contributed by atoms with Crippen LogP contribution in [-0.2, 0) is 17.4 Å². The molecule has 0 saturated carbocycles. The first-order chi connectivity index (χ1) is 15.7. The van der Waals surface area contributed by atoms with Gasteiger partial charge in [0.15, 0.2) is 5.82 Å². The van der Waals surface area contributed by atoms with Gasteiger partial charge >= 0.3 is 0 Å². The van der Waals surface area contributed by atoms with Crippen molar-refractivity contribution in [2.24, 2.45) is 7.05 Å². The molecule has 1 saturated heterocycles.